The van der Waals surface area contributed by atoms with E-state index in [1.165, 1.54) is 0 Å². The maximum atomic E-state index is 13.7. The molecule has 0 bridgehead atoms. The molecule has 0 radical (unpaired) electrons. The lowest BCUT2D eigenvalue weighted by Crippen LogP contribution is -2.55. The van der Waals surface area contributed by atoms with Gasteiger partial charge in [0.05, 0.1) is 0 Å². The Hall–Kier alpha value is -5.03. The van der Waals surface area contributed by atoms with Gasteiger partial charge in [0.2, 0.25) is 17.7 Å². The molecule has 3 atom stereocenters. The summed E-state index contributed by atoms with van der Waals surface area (Å²) < 4.78 is 0. The van der Waals surface area contributed by atoms with Crippen LogP contribution in [0.1, 0.15) is 52.4 Å². The van der Waals surface area contributed by atoms with Crippen LogP contribution in [0, 0.1) is 5.41 Å². The Morgan fingerprint density at radius 2 is 1.29 bits per heavy atom. The van der Waals surface area contributed by atoms with Gasteiger partial charge in [0.15, 0.2) is 0 Å². The van der Waals surface area contributed by atoms with Crippen LogP contribution in [0.25, 0.3) is 0 Å². The lowest BCUT2D eigenvalue weighted by Gasteiger charge is -2.25. The Kier molecular flexibility index (Phi) is 11.8. The quantitative estimate of drug-likeness (QED) is 0.0811. The number of hydrogen-bond donors (Lipinski definition) is 7. The number of hydrogen-bond acceptors (Lipinski definition) is 6. The zero-order valence-electron chi connectivity index (χ0n) is 23.2. The van der Waals surface area contributed by atoms with Crippen molar-refractivity contribution in [3.63, 3.8) is 0 Å². The number of nitrogens with two attached hydrogens (primary N) is 3. The van der Waals surface area contributed by atoms with Gasteiger partial charge >= 0.3 is 0 Å². The SMILES string of the molecule is N=C(N)c1ccc(C[C@H](NC(=O)c2ccccc2)C(=O)N[C@@H](CCCCN)C(=O)N[C@H](C(N)=O)c2ccccc2)cc1. The fourth-order valence-corrected chi connectivity index (χ4v) is 4.34. The molecule has 0 heterocycles. The highest BCUT2D eigenvalue weighted by Gasteiger charge is 2.30. The van der Waals surface area contributed by atoms with Crippen molar-refractivity contribution in [2.45, 2.75) is 43.8 Å². The van der Waals surface area contributed by atoms with E-state index in [0.717, 1.165) is 0 Å². The van der Waals surface area contributed by atoms with Crippen LogP contribution in [0.4, 0.5) is 0 Å². The highest BCUT2D eigenvalue weighted by atomic mass is 16.2. The number of amides is 4. The van der Waals surface area contributed by atoms with E-state index >= 15 is 0 Å². The second-order valence-corrected chi connectivity index (χ2v) is 9.81. The Balaban J connectivity index is 1.84. The number of rotatable bonds is 15. The summed E-state index contributed by atoms with van der Waals surface area (Å²) in [6.45, 7) is 0.405. The fourth-order valence-electron chi connectivity index (χ4n) is 4.34. The number of unbranched alkanes of at least 4 members (excludes halogenated alkanes) is 1. The van der Waals surface area contributed by atoms with Crippen LogP contribution < -0.4 is 33.2 Å². The van der Waals surface area contributed by atoms with Gasteiger partial charge in [0, 0.05) is 17.5 Å². The topological polar surface area (TPSA) is 206 Å². The molecule has 11 nitrogen and oxygen atoms in total. The van der Waals surface area contributed by atoms with Gasteiger partial charge in [-0.25, -0.2) is 0 Å². The molecule has 0 unspecified atom stereocenters. The van der Waals surface area contributed by atoms with E-state index in [4.69, 9.17) is 22.6 Å². The molecule has 11 heteroatoms. The van der Waals surface area contributed by atoms with Crippen LogP contribution >= 0.6 is 0 Å². The van der Waals surface area contributed by atoms with Crippen LogP contribution in [0.3, 0.4) is 0 Å². The third-order valence-electron chi connectivity index (χ3n) is 6.65. The summed E-state index contributed by atoms with van der Waals surface area (Å²) in [7, 11) is 0. The zero-order valence-corrected chi connectivity index (χ0v) is 23.2. The molecule has 0 aromatic heterocycles. The summed E-state index contributed by atoms with van der Waals surface area (Å²) in [5, 5.41) is 15.8. The molecular weight excluding hydrogens is 534 g/mol. The fraction of sp³-hybridized carbons (Fsp3) is 0.258. The van der Waals surface area contributed by atoms with E-state index in [0.29, 0.717) is 41.6 Å². The predicted octanol–water partition coefficient (Wildman–Crippen LogP) is 1.27. The van der Waals surface area contributed by atoms with Crippen molar-refractivity contribution in [2.24, 2.45) is 17.2 Å². The molecule has 0 saturated heterocycles. The van der Waals surface area contributed by atoms with E-state index in [9.17, 15) is 19.2 Å². The first-order valence-corrected chi connectivity index (χ1v) is 13.6. The van der Waals surface area contributed by atoms with Crippen molar-refractivity contribution in [3.8, 4) is 0 Å². The molecule has 0 aliphatic carbocycles. The molecule has 4 amide bonds. The van der Waals surface area contributed by atoms with Crippen LogP contribution in [0.2, 0.25) is 0 Å². The van der Waals surface area contributed by atoms with Gasteiger partial charge in [-0.15, -0.1) is 0 Å². The number of amidine groups is 1. The lowest BCUT2D eigenvalue weighted by molar-refractivity contribution is -0.132. The molecule has 42 heavy (non-hydrogen) atoms. The Labute approximate surface area is 244 Å². The Morgan fingerprint density at radius 3 is 1.86 bits per heavy atom. The normalized spacial score (nSPS) is 12.8. The van der Waals surface area contributed by atoms with Crippen LogP contribution in [-0.2, 0) is 20.8 Å². The number of carbonyl (C=O) groups excluding carboxylic acids is 4. The van der Waals surface area contributed by atoms with Gasteiger partial charge in [-0.1, -0.05) is 72.8 Å². The summed E-state index contributed by atoms with van der Waals surface area (Å²) >= 11 is 0. The minimum absolute atomic E-state index is 0.0932. The first-order chi connectivity index (χ1) is 20.2. The molecule has 10 N–H and O–H groups in total. The molecule has 0 spiro atoms. The van der Waals surface area contributed by atoms with Crippen LogP contribution in [0.5, 0.6) is 0 Å². The summed E-state index contributed by atoms with van der Waals surface area (Å²) in [5.74, 6) is -2.48. The predicted molar refractivity (Wildman–Crippen MR) is 160 cm³/mol. The minimum atomic E-state index is -1.10. The summed E-state index contributed by atoms with van der Waals surface area (Å²) in [6.07, 6.45) is 1.51. The summed E-state index contributed by atoms with van der Waals surface area (Å²) in [6, 6.07) is 20.6. The first-order valence-electron chi connectivity index (χ1n) is 13.6. The third-order valence-corrected chi connectivity index (χ3v) is 6.65. The van der Waals surface area contributed by atoms with E-state index in [-0.39, 0.29) is 18.7 Å². The van der Waals surface area contributed by atoms with Gasteiger partial charge < -0.3 is 33.2 Å². The van der Waals surface area contributed by atoms with E-state index in [2.05, 4.69) is 16.0 Å². The maximum Gasteiger partial charge on any atom is 0.251 e. The summed E-state index contributed by atoms with van der Waals surface area (Å²) in [5.41, 5.74) is 18.9. The van der Waals surface area contributed by atoms with Crippen molar-refractivity contribution in [1.82, 2.24) is 16.0 Å². The van der Waals surface area contributed by atoms with E-state index in [1.54, 1.807) is 84.9 Å². The minimum Gasteiger partial charge on any atom is -0.384 e. The average molecular weight is 572 g/mol. The zero-order chi connectivity index (χ0) is 30.5. The monoisotopic (exact) mass is 571 g/mol. The molecule has 3 rings (SSSR count). The van der Waals surface area contributed by atoms with Gasteiger partial charge in [-0.3, -0.25) is 24.6 Å². The van der Waals surface area contributed by atoms with E-state index < -0.39 is 41.8 Å². The molecule has 0 saturated carbocycles. The molecule has 0 fully saturated rings. The molecule has 0 aliphatic heterocycles. The molecular formula is C31H37N7O4. The Bertz CT molecular complexity index is 1370. The third kappa shape index (κ3) is 9.27. The van der Waals surface area contributed by atoms with Crippen molar-refractivity contribution in [1.29, 1.82) is 5.41 Å². The average Bonchev–Trinajstić information content (AvgIpc) is 2.99. The maximum absolute atomic E-state index is 13.7. The van der Waals surface area contributed by atoms with Crippen LogP contribution in [-0.4, -0.2) is 48.1 Å². The summed E-state index contributed by atoms with van der Waals surface area (Å²) in [4.78, 5) is 52.3. The number of nitrogen functional groups attached to an aromatic ring is 1. The standard InChI is InChI=1S/C31H37N7O4/c32-18-8-7-13-24(30(41)38-26(28(35)39)21-9-3-1-4-10-21)36-31(42)25(37-29(40)23-11-5-2-6-12-23)19-20-14-16-22(17-15-20)27(33)34/h1-6,9-12,14-17,24-26H,7-8,13,18-19,32H2,(H3,33,34)(H2,35,39)(H,36,42)(H,37,40)(H,38,41)/t24-,25-,26-/m0/s1. The van der Waals surface area contributed by atoms with Gasteiger partial charge in [-0.05, 0) is 49.1 Å². The number of nitrogens with one attached hydrogen (secondary N) is 4. The number of benzene rings is 3. The molecule has 0 aliphatic rings. The van der Waals surface area contributed by atoms with E-state index in [1.807, 2.05) is 0 Å². The van der Waals surface area contributed by atoms with Gasteiger partial charge in [0.25, 0.3) is 5.91 Å². The molecule has 220 valence electrons. The Morgan fingerprint density at radius 1 is 0.690 bits per heavy atom. The second-order valence-electron chi connectivity index (χ2n) is 9.81. The van der Waals surface area contributed by atoms with Crippen molar-refractivity contribution >= 4 is 29.5 Å². The number of primary amides is 1. The smallest absolute Gasteiger partial charge is 0.251 e. The molecule has 3 aromatic rings. The lowest BCUT2D eigenvalue weighted by atomic mass is 10.0. The molecule has 3 aromatic carbocycles. The highest BCUT2D eigenvalue weighted by Crippen LogP contribution is 2.14. The number of carbonyl (C=O) groups is 4. The van der Waals surface area contributed by atoms with Gasteiger partial charge in [-0.2, -0.15) is 0 Å². The van der Waals surface area contributed by atoms with Crippen LogP contribution in [0.15, 0.2) is 84.9 Å². The largest absolute Gasteiger partial charge is 0.384 e. The first kappa shape index (κ1) is 31.5. The van der Waals surface area contributed by atoms with Crippen molar-refractivity contribution in [3.05, 3.63) is 107 Å². The van der Waals surface area contributed by atoms with Crippen molar-refractivity contribution < 1.29 is 19.2 Å². The highest BCUT2D eigenvalue weighted by molar-refractivity contribution is 5.99. The van der Waals surface area contributed by atoms with Crippen molar-refractivity contribution in [2.75, 3.05) is 6.54 Å². The van der Waals surface area contributed by atoms with Gasteiger partial charge in [0.1, 0.15) is 24.0 Å². The second kappa shape index (κ2) is 15.7.